The Bertz CT molecular complexity index is 1020. The Labute approximate surface area is 192 Å². The molecule has 1 unspecified atom stereocenters. The first-order chi connectivity index (χ1) is 15.3. The number of nitrogens with zero attached hydrogens (tertiary/aromatic N) is 2. The molecule has 0 heterocycles. The van der Waals surface area contributed by atoms with Gasteiger partial charge < -0.3 is 9.80 Å². The first-order valence-corrected chi connectivity index (χ1v) is 13.1. The number of sulfonamides is 1. The van der Waals surface area contributed by atoms with E-state index in [4.69, 9.17) is 0 Å². The highest BCUT2D eigenvalue weighted by molar-refractivity contribution is 7.92. The average molecular weight is 458 g/mol. The lowest BCUT2D eigenvalue weighted by Crippen LogP contribution is -2.36. The van der Waals surface area contributed by atoms with E-state index in [0.29, 0.717) is 18.7 Å². The van der Waals surface area contributed by atoms with E-state index >= 15 is 0 Å². The summed E-state index contributed by atoms with van der Waals surface area (Å²) in [5.41, 5.74) is 3.50. The monoisotopic (exact) mass is 457 g/mol. The largest absolute Gasteiger partial charge is 0.377 e. The van der Waals surface area contributed by atoms with E-state index in [-0.39, 0.29) is 23.6 Å². The van der Waals surface area contributed by atoms with E-state index < -0.39 is 10.0 Å². The van der Waals surface area contributed by atoms with E-state index in [1.807, 2.05) is 73.3 Å². The van der Waals surface area contributed by atoms with Crippen molar-refractivity contribution in [3.8, 4) is 0 Å². The molecule has 32 heavy (non-hydrogen) atoms. The molecule has 0 bridgehead atoms. The van der Waals surface area contributed by atoms with E-state index in [1.165, 1.54) is 0 Å². The summed E-state index contributed by atoms with van der Waals surface area (Å²) < 4.78 is 27.2. The Kier molecular flexibility index (Phi) is 7.82. The van der Waals surface area contributed by atoms with Crippen LogP contribution < -0.4 is 9.62 Å². The minimum atomic E-state index is -3.38. The summed E-state index contributed by atoms with van der Waals surface area (Å²) in [4.78, 5) is 17.6. The van der Waals surface area contributed by atoms with Crippen LogP contribution in [0, 0.1) is 0 Å². The molecule has 1 amide bonds. The average Bonchev–Trinajstić information content (AvgIpc) is 3.58. The Morgan fingerprint density at radius 2 is 1.78 bits per heavy atom. The van der Waals surface area contributed by atoms with Crippen molar-refractivity contribution in [2.24, 2.45) is 0 Å². The molecule has 7 heteroatoms. The third-order valence-corrected chi connectivity index (χ3v) is 7.32. The second kappa shape index (κ2) is 10.4. The molecule has 0 spiro atoms. The number of hydrogen-bond donors (Lipinski definition) is 1. The number of amides is 1. The molecule has 1 atom stereocenters. The summed E-state index contributed by atoms with van der Waals surface area (Å²) in [6.45, 7) is 4.36. The zero-order valence-electron chi connectivity index (χ0n) is 19.5. The summed E-state index contributed by atoms with van der Waals surface area (Å²) in [6.07, 6.45) is 3.32. The predicted octanol–water partition coefficient (Wildman–Crippen LogP) is 4.59. The summed E-state index contributed by atoms with van der Waals surface area (Å²) in [6, 6.07) is 15.8. The number of benzene rings is 2. The van der Waals surface area contributed by atoms with Gasteiger partial charge >= 0.3 is 0 Å². The summed E-state index contributed by atoms with van der Waals surface area (Å²) in [7, 11) is 0.539. The summed E-state index contributed by atoms with van der Waals surface area (Å²) in [5.74, 6) is 0.0494. The fourth-order valence-electron chi connectivity index (χ4n) is 4.11. The third-order valence-electron chi connectivity index (χ3n) is 5.83. The number of carbonyl (C=O) groups is 1. The Hall–Kier alpha value is -2.54. The fourth-order valence-corrected chi connectivity index (χ4v) is 5.23. The zero-order valence-corrected chi connectivity index (χ0v) is 20.4. The molecule has 174 valence electrons. The van der Waals surface area contributed by atoms with Crippen molar-refractivity contribution in [3.63, 3.8) is 0 Å². The lowest BCUT2D eigenvalue weighted by atomic mass is 9.94. The number of nitrogens with one attached hydrogen (secondary N) is 1. The van der Waals surface area contributed by atoms with Crippen LogP contribution in [0.25, 0.3) is 0 Å². The molecule has 1 aliphatic carbocycles. The molecular formula is C25H35N3O3S. The van der Waals surface area contributed by atoms with Gasteiger partial charge in [-0.2, -0.15) is 0 Å². The molecule has 1 aliphatic rings. The number of carbonyl (C=O) groups excluding carboxylic acids is 1. The Morgan fingerprint density at radius 1 is 1.09 bits per heavy atom. The van der Waals surface area contributed by atoms with Crippen LogP contribution >= 0.6 is 0 Å². The standard InChI is InChI=1S/C25H35N3O3S/c1-5-16-32(30,31)26-21-12-15-24(27(3)4)20(17-21)18-28(22-13-14-22)25(29)23(6-2)19-10-8-7-9-11-19/h7-12,15,17,22-23,26H,5-6,13-14,16,18H2,1-4H3. The second-order valence-electron chi connectivity index (χ2n) is 8.73. The molecule has 1 N–H and O–H groups in total. The smallest absolute Gasteiger partial charge is 0.232 e. The van der Waals surface area contributed by atoms with Crippen LogP contribution in [0.3, 0.4) is 0 Å². The number of hydrogen-bond acceptors (Lipinski definition) is 4. The first-order valence-electron chi connectivity index (χ1n) is 11.4. The Morgan fingerprint density at radius 3 is 2.34 bits per heavy atom. The molecule has 6 nitrogen and oxygen atoms in total. The van der Waals surface area contributed by atoms with Gasteiger partial charge in [0.05, 0.1) is 11.7 Å². The van der Waals surface area contributed by atoms with Crippen molar-refractivity contribution in [3.05, 3.63) is 59.7 Å². The van der Waals surface area contributed by atoms with Crippen LogP contribution in [0.4, 0.5) is 11.4 Å². The van der Waals surface area contributed by atoms with Gasteiger partial charge in [0.25, 0.3) is 0 Å². The maximum atomic E-state index is 13.6. The van der Waals surface area contributed by atoms with Crippen molar-refractivity contribution in [1.29, 1.82) is 0 Å². The lowest BCUT2D eigenvalue weighted by molar-refractivity contribution is -0.134. The molecule has 0 aliphatic heterocycles. The van der Waals surface area contributed by atoms with E-state index in [9.17, 15) is 13.2 Å². The van der Waals surface area contributed by atoms with Crippen LogP contribution in [0.2, 0.25) is 0 Å². The van der Waals surface area contributed by atoms with Gasteiger partial charge in [-0.15, -0.1) is 0 Å². The second-order valence-corrected chi connectivity index (χ2v) is 10.6. The van der Waals surface area contributed by atoms with E-state index in [2.05, 4.69) is 11.6 Å². The highest BCUT2D eigenvalue weighted by Crippen LogP contribution is 2.35. The van der Waals surface area contributed by atoms with Crippen molar-refractivity contribution in [2.45, 2.75) is 58.0 Å². The van der Waals surface area contributed by atoms with Gasteiger partial charge in [-0.25, -0.2) is 8.42 Å². The Balaban J connectivity index is 1.91. The SMILES string of the molecule is CCCS(=O)(=O)Nc1ccc(N(C)C)c(CN(C(=O)C(CC)c2ccccc2)C2CC2)c1. The van der Waals surface area contributed by atoms with E-state index in [0.717, 1.165) is 36.1 Å². The van der Waals surface area contributed by atoms with Crippen molar-refractivity contribution in [2.75, 3.05) is 29.5 Å². The quantitative estimate of drug-likeness (QED) is 0.536. The van der Waals surface area contributed by atoms with Crippen molar-refractivity contribution < 1.29 is 13.2 Å². The minimum Gasteiger partial charge on any atom is -0.377 e. The van der Waals surface area contributed by atoms with Gasteiger partial charge in [0.15, 0.2) is 0 Å². The molecule has 2 aromatic carbocycles. The van der Waals surface area contributed by atoms with Crippen LogP contribution in [0.1, 0.15) is 56.6 Å². The predicted molar refractivity (Wildman–Crippen MR) is 132 cm³/mol. The van der Waals surface area contributed by atoms with Crippen LogP contribution in [0.15, 0.2) is 48.5 Å². The number of rotatable bonds is 11. The zero-order chi connectivity index (χ0) is 23.3. The first kappa shape index (κ1) is 24.1. The van der Waals surface area contributed by atoms with Gasteiger partial charge in [0.1, 0.15) is 0 Å². The molecular weight excluding hydrogens is 422 g/mol. The van der Waals surface area contributed by atoms with Crippen molar-refractivity contribution in [1.82, 2.24) is 4.90 Å². The van der Waals surface area contributed by atoms with Gasteiger partial charge in [0, 0.05) is 38.1 Å². The fraction of sp³-hybridized carbons (Fsp3) is 0.480. The molecule has 0 radical (unpaired) electrons. The maximum absolute atomic E-state index is 13.6. The molecule has 0 saturated heterocycles. The van der Waals surface area contributed by atoms with Gasteiger partial charge in [-0.1, -0.05) is 44.2 Å². The minimum absolute atomic E-state index is 0.0830. The van der Waals surface area contributed by atoms with Gasteiger partial charge in [-0.05, 0) is 55.0 Å². The molecule has 2 aromatic rings. The topological polar surface area (TPSA) is 69.7 Å². The van der Waals surface area contributed by atoms with Gasteiger partial charge in [-0.3, -0.25) is 9.52 Å². The summed E-state index contributed by atoms with van der Waals surface area (Å²) in [5, 5.41) is 0. The maximum Gasteiger partial charge on any atom is 0.232 e. The van der Waals surface area contributed by atoms with E-state index in [1.54, 1.807) is 6.07 Å². The lowest BCUT2D eigenvalue weighted by Gasteiger charge is -2.29. The molecule has 3 rings (SSSR count). The highest BCUT2D eigenvalue weighted by Gasteiger charge is 2.36. The molecule has 1 fully saturated rings. The normalized spacial score (nSPS) is 14.6. The van der Waals surface area contributed by atoms with Crippen LogP contribution in [-0.4, -0.2) is 45.1 Å². The van der Waals surface area contributed by atoms with Gasteiger partial charge in [0.2, 0.25) is 15.9 Å². The molecule has 0 aromatic heterocycles. The molecule has 1 saturated carbocycles. The number of anilines is 2. The van der Waals surface area contributed by atoms with Crippen molar-refractivity contribution >= 4 is 27.3 Å². The van der Waals surface area contributed by atoms with Crippen LogP contribution in [0.5, 0.6) is 0 Å². The highest BCUT2D eigenvalue weighted by atomic mass is 32.2. The third kappa shape index (κ3) is 6.03. The summed E-state index contributed by atoms with van der Waals surface area (Å²) >= 11 is 0. The van der Waals surface area contributed by atoms with Crippen LogP contribution in [-0.2, 0) is 21.4 Å².